The number of aliphatic carboxylic acids is 1. The van der Waals surface area contributed by atoms with Gasteiger partial charge in [-0.15, -0.1) is 0 Å². The Morgan fingerprint density at radius 1 is 0.526 bits per heavy atom. The van der Waals surface area contributed by atoms with Gasteiger partial charge in [-0.05, 0) is 268 Å². The number of amides is 2. The van der Waals surface area contributed by atoms with Gasteiger partial charge >= 0.3 is 17.9 Å². The van der Waals surface area contributed by atoms with E-state index in [9.17, 15) is 54.4 Å². The summed E-state index contributed by atoms with van der Waals surface area (Å²) in [5.74, 6) is 1.32. The van der Waals surface area contributed by atoms with Gasteiger partial charge in [0.2, 0.25) is 11.8 Å². The van der Waals surface area contributed by atoms with Crippen molar-refractivity contribution in [3.8, 4) is 28.7 Å². The van der Waals surface area contributed by atoms with Gasteiger partial charge in [-0.1, -0.05) is 126 Å². The minimum Gasteiger partial charge on any atom is -0.508 e. The molecule has 2 amide bonds. The summed E-state index contributed by atoms with van der Waals surface area (Å²) in [6.45, 7) is 21.2. The number of carboxylic acids is 1. The van der Waals surface area contributed by atoms with Crippen LogP contribution in [-0.4, -0.2) is 98.1 Å². The molecule has 9 aromatic rings. The largest absolute Gasteiger partial charge is 0.508 e. The summed E-state index contributed by atoms with van der Waals surface area (Å²) in [6, 6.07) is 51.2. The highest BCUT2D eigenvalue weighted by atomic mass is 35.5. The van der Waals surface area contributed by atoms with E-state index in [-0.39, 0.29) is 91.6 Å². The summed E-state index contributed by atoms with van der Waals surface area (Å²) in [6.07, 6.45) is 7.57. The summed E-state index contributed by atoms with van der Waals surface area (Å²) in [5, 5.41) is 59.6. The van der Waals surface area contributed by atoms with Gasteiger partial charge in [0.25, 0.3) is 11.4 Å². The molecule has 0 fully saturated rings. The number of methoxy groups -OCH3 is 2. The van der Waals surface area contributed by atoms with Crippen molar-refractivity contribution in [1.82, 2.24) is 5.32 Å². The van der Waals surface area contributed by atoms with E-state index in [1.807, 2.05) is 107 Å². The van der Waals surface area contributed by atoms with Gasteiger partial charge < -0.3 is 54.4 Å². The fraction of sp³-hybridized carbons (Fsp3) is 0.352. The number of nitro benzene ring substituents is 2. The Labute approximate surface area is 690 Å². The lowest BCUT2D eigenvalue weighted by molar-refractivity contribution is -0.386. The molecule has 0 saturated carbocycles. The third-order valence-electron chi connectivity index (χ3n) is 21.8. The van der Waals surface area contributed by atoms with E-state index in [0.717, 1.165) is 119 Å². The number of rotatable bonds is 16. The number of carbonyl (C=O) groups is 5. The molecule has 5 heterocycles. The SMILES string of the molecule is CC1(C)CCc2cc(C(C)(C(=O)O)c3cc(Cl)ccc3[N+](=O)[O-])ccc2O1.CC1(C)CCc2cc([C@](C)(C(=O)N[C@@H](CO)c3ccccc3)c3cc(Cl)ccc3[N+](=O)[O-])ccc2O1.CC1(C)CCc2cc([C@]3(C)C(=O)Nc4ccc(Cl)cc43)ccc2O1.COC(=O)Cc1ccc(O)cc1.COC(=O)Cc1ccc2c(c1)CCC(C)(C)O2. The summed E-state index contributed by atoms with van der Waals surface area (Å²) in [7, 11) is 2.76. The maximum Gasteiger partial charge on any atom is 0.318 e. The van der Waals surface area contributed by atoms with E-state index in [4.69, 9.17) is 58.9 Å². The molecule has 0 aromatic heterocycles. The molecule has 22 nitrogen and oxygen atoms in total. The van der Waals surface area contributed by atoms with Crippen LogP contribution in [0.25, 0.3) is 0 Å². The second kappa shape index (κ2) is 35.6. The van der Waals surface area contributed by atoms with Crippen LogP contribution in [0.3, 0.4) is 0 Å². The van der Waals surface area contributed by atoms with Crippen LogP contribution in [-0.2, 0) is 88.2 Å². The number of phenols is 1. The summed E-state index contributed by atoms with van der Waals surface area (Å²) < 4.78 is 33.2. The van der Waals surface area contributed by atoms with Crippen molar-refractivity contribution >= 4 is 81.6 Å². The monoisotopic (exact) mass is 1640 g/mol. The predicted molar refractivity (Wildman–Crippen MR) is 445 cm³/mol. The van der Waals surface area contributed by atoms with Crippen LogP contribution in [0.4, 0.5) is 17.1 Å². The van der Waals surface area contributed by atoms with E-state index in [0.29, 0.717) is 28.3 Å². The van der Waals surface area contributed by atoms with Crippen molar-refractivity contribution in [2.45, 2.75) is 185 Å². The number of nitro groups is 2. The Morgan fingerprint density at radius 2 is 0.931 bits per heavy atom. The molecule has 5 aliphatic heterocycles. The molecule has 5 aliphatic rings. The summed E-state index contributed by atoms with van der Waals surface area (Å²) >= 11 is 18.5. The van der Waals surface area contributed by atoms with Crippen molar-refractivity contribution in [2.24, 2.45) is 0 Å². The Hall–Kier alpha value is -11.0. The van der Waals surface area contributed by atoms with E-state index < -0.39 is 44.0 Å². The number of benzene rings is 9. The van der Waals surface area contributed by atoms with Gasteiger partial charge in [0.05, 0.1) is 66.1 Å². The second-order valence-electron chi connectivity index (χ2n) is 32.3. The summed E-state index contributed by atoms with van der Waals surface area (Å²) in [4.78, 5) is 83.5. The van der Waals surface area contributed by atoms with Crippen LogP contribution in [0.5, 0.6) is 28.7 Å². The predicted octanol–water partition coefficient (Wildman–Crippen LogP) is 18.6. The number of carboxylic acid groups (broad SMARTS) is 1. The molecule has 14 rings (SSSR count). The van der Waals surface area contributed by atoms with Gasteiger partial charge in [0.15, 0.2) is 0 Å². The average Bonchev–Trinajstić information content (AvgIpc) is 1.61. The molecule has 0 saturated heterocycles. The van der Waals surface area contributed by atoms with Crippen molar-refractivity contribution in [1.29, 1.82) is 0 Å². The number of aryl methyl sites for hydroxylation is 4. The Balaban J connectivity index is 0.000000160. The first-order chi connectivity index (χ1) is 54.6. The fourth-order valence-electron chi connectivity index (χ4n) is 14.7. The molecule has 116 heavy (non-hydrogen) atoms. The van der Waals surface area contributed by atoms with Crippen LogP contribution in [0.2, 0.25) is 15.1 Å². The van der Waals surface area contributed by atoms with Crippen molar-refractivity contribution in [3.05, 3.63) is 290 Å². The number of phenolic OH excluding ortho intramolecular Hbond substituents is 1. The molecule has 25 heteroatoms. The number of carbonyl (C=O) groups excluding carboxylic acids is 4. The van der Waals surface area contributed by atoms with Crippen LogP contribution in [0.15, 0.2) is 182 Å². The van der Waals surface area contributed by atoms with Gasteiger partial charge in [0, 0.05) is 32.9 Å². The maximum absolute atomic E-state index is 14.0. The number of anilines is 1. The van der Waals surface area contributed by atoms with Gasteiger partial charge in [-0.3, -0.25) is 44.2 Å². The highest BCUT2D eigenvalue weighted by Gasteiger charge is 2.48. The third-order valence-corrected chi connectivity index (χ3v) is 22.5. The number of aliphatic hydroxyl groups is 1. The van der Waals surface area contributed by atoms with Crippen molar-refractivity contribution in [2.75, 3.05) is 26.1 Å². The molecule has 4 atom stereocenters. The van der Waals surface area contributed by atoms with E-state index >= 15 is 0 Å². The molecule has 0 bridgehead atoms. The minimum atomic E-state index is -1.63. The number of esters is 2. The molecule has 0 aliphatic carbocycles. The standard InChI is InChI=1S/C28H29ClN2O5.C20H20ClNO5.C20H20ClNO2.C14H18O3.C9H10O3/c1-27(2)14-13-19-15-20(9-12-25(19)36-27)28(3,22-16-21(29)10-11-24(22)31(34)35)26(33)30-23(17-32)18-7-5-4-6-8-18;1-19(2)9-8-12-10-13(4-7-17(12)27-19)20(3,18(23)24)15-11-14(21)5-6-16(15)22(25)26;1-19(2)9-8-12-10-13(4-7-17(12)24-19)20(3)15-11-14(21)5-6-16(15)22-18(20)23;1-14(2)7-6-11-8-10(9-13(15)16-3)4-5-12(11)17-14;1-12-9(11)6-7-2-4-8(10)5-3-7/h4-12,15-16,23,32H,13-14,17H2,1-3H3,(H,30,33);4-7,10-11H,8-9H2,1-3H3,(H,23,24);4-7,10-11H,8-9H2,1-3H3,(H,22,23);4-5,8H,6-7,9H2,1-3H3;2-5,10H,6H2,1H3/t23-,28-;;20-;;/m0.0../s1. The van der Waals surface area contributed by atoms with Crippen molar-refractivity contribution < 1.29 is 77.6 Å². The maximum atomic E-state index is 14.0. The molecule has 610 valence electrons. The number of aliphatic hydroxyl groups excluding tert-OH is 1. The lowest BCUT2D eigenvalue weighted by Gasteiger charge is -2.35. The second-order valence-corrected chi connectivity index (χ2v) is 33.6. The van der Waals surface area contributed by atoms with Gasteiger partial charge in [-0.2, -0.15) is 0 Å². The molecule has 0 radical (unpaired) electrons. The molecule has 0 spiro atoms. The number of aromatic hydroxyl groups is 1. The first-order valence-corrected chi connectivity index (χ1v) is 39.1. The number of nitrogens with one attached hydrogen (secondary N) is 2. The normalized spacial score (nSPS) is 17.6. The quantitative estimate of drug-likeness (QED) is 0.0341. The van der Waals surface area contributed by atoms with E-state index in [1.165, 1.54) is 75.2 Å². The molecule has 5 N–H and O–H groups in total. The summed E-state index contributed by atoms with van der Waals surface area (Å²) in [5.41, 5.74) is 5.52. The Morgan fingerprint density at radius 3 is 1.39 bits per heavy atom. The molecular weight excluding hydrogens is 1540 g/mol. The topological polar surface area (TPSA) is 312 Å². The lowest BCUT2D eigenvalue weighted by Crippen LogP contribution is -2.46. The average molecular weight is 1640 g/mol. The molecule has 9 aromatic carbocycles. The number of halogens is 3. The Kier molecular flexibility index (Phi) is 26.8. The van der Waals surface area contributed by atoms with Crippen molar-refractivity contribution in [3.63, 3.8) is 0 Å². The molecular formula is C91H97Cl3N4O18. The van der Waals surface area contributed by atoms with Crippen LogP contribution < -0.4 is 29.6 Å². The minimum absolute atomic E-state index is 0.0169. The third kappa shape index (κ3) is 20.2. The van der Waals surface area contributed by atoms with Gasteiger partial charge in [0.1, 0.15) is 62.0 Å². The smallest absolute Gasteiger partial charge is 0.318 e. The van der Waals surface area contributed by atoms with E-state index in [2.05, 4.69) is 53.9 Å². The highest BCUT2D eigenvalue weighted by molar-refractivity contribution is 6.31. The van der Waals surface area contributed by atoms with Gasteiger partial charge in [-0.25, -0.2) is 0 Å². The first kappa shape index (κ1) is 87.3. The number of ether oxygens (including phenoxy) is 6. The van der Waals surface area contributed by atoms with E-state index in [1.54, 1.807) is 61.5 Å². The highest BCUT2D eigenvalue weighted by Crippen LogP contribution is 2.48. The zero-order valence-corrected chi connectivity index (χ0v) is 69.4. The van der Waals surface area contributed by atoms with Crippen LogP contribution in [0.1, 0.15) is 180 Å². The number of hydrogen-bond donors (Lipinski definition) is 5. The van der Waals surface area contributed by atoms with Crippen LogP contribution >= 0.6 is 34.8 Å². The zero-order chi connectivity index (χ0) is 84.6. The number of hydrogen-bond acceptors (Lipinski definition) is 17. The fourth-order valence-corrected chi connectivity index (χ4v) is 15.2. The zero-order valence-electron chi connectivity index (χ0n) is 67.2. The Bertz CT molecular complexity index is 5210. The number of fused-ring (bicyclic) bond motifs is 5. The number of nitrogens with zero attached hydrogens (tertiary/aromatic N) is 2. The first-order valence-electron chi connectivity index (χ1n) is 38.0. The molecule has 1 unspecified atom stereocenters. The van der Waals surface area contributed by atoms with Crippen LogP contribution in [0, 0.1) is 20.2 Å². The lowest BCUT2D eigenvalue weighted by atomic mass is 9.73.